The molecule has 3 fully saturated rings. The third-order valence-electron chi connectivity index (χ3n) is 6.84. The lowest BCUT2D eigenvalue weighted by atomic mass is 9.62. The van der Waals surface area contributed by atoms with Crippen LogP contribution in [0.1, 0.15) is 83.5 Å². The molecule has 0 aromatic rings. The average molecular weight is 410 g/mol. The molecule has 0 N–H and O–H groups in total. The number of hydrogen-bond donors (Lipinski definition) is 0. The first-order chi connectivity index (χ1) is 12.7. The van der Waals surface area contributed by atoms with Gasteiger partial charge in [-0.2, -0.15) is 21.6 Å². The monoisotopic (exact) mass is 410 g/mol. The second-order valence-corrected chi connectivity index (χ2v) is 10.0. The van der Waals surface area contributed by atoms with E-state index in [1.807, 2.05) is 0 Å². The Morgan fingerprint density at radius 3 is 1.96 bits per heavy atom. The van der Waals surface area contributed by atoms with Gasteiger partial charge in [0.1, 0.15) is 5.60 Å². The number of ketones is 1. The molecule has 0 heterocycles. The van der Waals surface area contributed by atoms with Crippen molar-refractivity contribution < 1.29 is 30.6 Å². The highest BCUT2D eigenvalue weighted by Crippen LogP contribution is 2.49. The lowest BCUT2D eigenvalue weighted by molar-refractivity contribution is -0.155. The van der Waals surface area contributed by atoms with E-state index in [0.29, 0.717) is 25.7 Å². The Morgan fingerprint density at radius 2 is 1.41 bits per heavy atom. The fraction of sp³-hybridized carbons (Fsp3) is 0.947. The first kappa shape index (κ1) is 21.1. The molecule has 3 saturated carbocycles. The Kier molecular flexibility index (Phi) is 6.26. The average Bonchev–Trinajstić information content (AvgIpc) is 2.64. The summed E-state index contributed by atoms with van der Waals surface area (Å²) in [6.07, 6.45) is 9.84. The molecule has 27 heavy (non-hydrogen) atoms. The van der Waals surface area contributed by atoms with Crippen LogP contribution in [0.5, 0.6) is 0 Å². The fourth-order valence-corrected chi connectivity index (χ4v) is 6.29. The van der Waals surface area contributed by atoms with E-state index in [-0.39, 0.29) is 24.0 Å². The van der Waals surface area contributed by atoms with E-state index >= 15 is 0 Å². The molecule has 4 nitrogen and oxygen atoms in total. The van der Waals surface area contributed by atoms with Crippen LogP contribution in [0.15, 0.2) is 0 Å². The molecular weight excluding hydrogens is 381 g/mol. The summed E-state index contributed by atoms with van der Waals surface area (Å²) < 4.78 is 67.9. The van der Waals surface area contributed by atoms with E-state index in [4.69, 9.17) is 4.18 Å². The molecule has 0 spiro atoms. The highest BCUT2D eigenvalue weighted by Gasteiger charge is 2.59. The minimum atomic E-state index is -5.81. The molecule has 3 aliphatic rings. The maximum absolute atomic E-state index is 13.5. The van der Waals surface area contributed by atoms with Crippen LogP contribution in [0, 0.1) is 17.8 Å². The van der Waals surface area contributed by atoms with Gasteiger partial charge in [0.05, 0.1) is 0 Å². The summed E-state index contributed by atoms with van der Waals surface area (Å²) in [6, 6.07) is 0. The van der Waals surface area contributed by atoms with Gasteiger partial charge >= 0.3 is 15.6 Å². The quantitative estimate of drug-likeness (QED) is 0.477. The van der Waals surface area contributed by atoms with Gasteiger partial charge in [-0.1, -0.05) is 38.5 Å². The van der Waals surface area contributed by atoms with Crippen LogP contribution in [-0.4, -0.2) is 25.3 Å². The summed E-state index contributed by atoms with van der Waals surface area (Å²) in [4.78, 5) is 13.5. The van der Waals surface area contributed by atoms with Gasteiger partial charge in [-0.15, -0.1) is 0 Å². The molecule has 3 aliphatic carbocycles. The summed E-state index contributed by atoms with van der Waals surface area (Å²) in [7, 11) is -5.81. The predicted octanol–water partition coefficient (Wildman–Crippen LogP) is 5.12. The number of halogens is 3. The number of alkyl halides is 3. The second-order valence-electron chi connectivity index (χ2n) is 8.47. The molecule has 0 bridgehead atoms. The molecule has 0 radical (unpaired) electrons. The van der Waals surface area contributed by atoms with Gasteiger partial charge < -0.3 is 0 Å². The number of Topliss-reactive ketones (excluding diaryl/α,β-unsaturated/α-hetero) is 1. The van der Waals surface area contributed by atoms with Crippen molar-refractivity contribution in [3.63, 3.8) is 0 Å². The maximum atomic E-state index is 13.5. The van der Waals surface area contributed by atoms with Crippen molar-refractivity contribution in [3.05, 3.63) is 0 Å². The molecule has 2 unspecified atom stereocenters. The van der Waals surface area contributed by atoms with E-state index in [1.54, 1.807) is 0 Å². The summed E-state index contributed by atoms with van der Waals surface area (Å²) >= 11 is 0. The van der Waals surface area contributed by atoms with E-state index < -0.39 is 27.1 Å². The maximum Gasteiger partial charge on any atom is 0.523 e. The molecule has 156 valence electrons. The van der Waals surface area contributed by atoms with Crippen molar-refractivity contribution in [2.24, 2.45) is 17.8 Å². The van der Waals surface area contributed by atoms with Gasteiger partial charge in [-0.3, -0.25) is 4.79 Å². The fourth-order valence-electron chi connectivity index (χ4n) is 5.51. The van der Waals surface area contributed by atoms with Crippen molar-refractivity contribution >= 4 is 15.9 Å². The third kappa shape index (κ3) is 4.21. The van der Waals surface area contributed by atoms with E-state index in [9.17, 15) is 26.4 Å². The molecule has 2 atom stereocenters. The Balaban J connectivity index is 1.94. The van der Waals surface area contributed by atoms with Crippen LogP contribution in [-0.2, 0) is 19.1 Å². The predicted molar refractivity (Wildman–Crippen MR) is 94.3 cm³/mol. The summed E-state index contributed by atoms with van der Waals surface area (Å²) in [5.41, 5.74) is -7.33. The first-order valence-electron chi connectivity index (χ1n) is 10.2. The van der Waals surface area contributed by atoms with Crippen LogP contribution in [0.3, 0.4) is 0 Å². The van der Waals surface area contributed by atoms with Crippen molar-refractivity contribution in [1.29, 1.82) is 0 Å². The minimum Gasteiger partial charge on any atom is -0.296 e. The zero-order valence-electron chi connectivity index (χ0n) is 15.6. The van der Waals surface area contributed by atoms with Crippen molar-refractivity contribution in [2.75, 3.05) is 0 Å². The zero-order valence-corrected chi connectivity index (χ0v) is 16.4. The van der Waals surface area contributed by atoms with Gasteiger partial charge in [0, 0.05) is 5.92 Å². The molecule has 3 rings (SSSR count). The van der Waals surface area contributed by atoms with Gasteiger partial charge in [0.15, 0.2) is 5.78 Å². The van der Waals surface area contributed by atoms with Gasteiger partial charge in [0.25, 0.3) is 0 Å². The van der Waals surface area contributed by atoms with Crippen LogP contribution in [0.4, 0.5) is 13.2 Å². The largest absolute Gasteiger partial charge is 0.523 e. The van der Waals surface area contributed by atoms with E-state index in [2.05, 4.69) is 0 Å². The van der Waals surface area contributed by atoms with Gasteiger partial charge in [0.2, 0.25) is 0 Å². The molecule has 0 saturated heterocycles. The molecule has 0 aromatic heterocycles. The molecule has 0 aliphatic heterocycles. The number of hydrogen-bond acceptors (Lipinski definition) is 4. The van der Waals surface area contributed by atoms with Crippen molar-refractivity contribution in [2.45, 2.75) is 94.6 Å². The Labute approximate surface area is 159 Å². The minimum absolute atomic E-state index is 0.0784. The summed E-state index contributed by atoms with van der Waals surface area (Å²) in [5.74, 6) is -1.04. The smallest absolute Gasteiger partial charge is 0.296 e. The number of rotatable bonds is 4. The Hall–Kier alpha value is -0.630. The lowest BCUT2D eigenvalue weighted by Crippen LogP contribution is -2.57. The Bertz CT molecular complexity index is 634. The highest BCUT2D eigenvalue weighted by molar-refractivity contribution is 7.87. The molecule has 0 aromatic carbocycles. The second kappa shape index (κ2) is 8.01. The standard InChI is InChI=1S/C19H29F3O4S/c20-19(21,22)27(24,25)26-18(15-10-5-2-6-11-15)13-7-12-16(17(18)23)14-8-3-1-4-9-14/h14-16H,1-13H2. The lowest BCUT2D eigenvalue weighted by Gasteiger charge is -2.46. The van der Waals surface area contributed by atoms with Crippen molar-refractivity contribution in [1.82, 2.24) is 0 Å². The van der Waals surface area contributed by atoms with Crippen LogP contribution < -0.4 is 0 Å². The van der Waals surface area contributed by atoms with E-state index in [1.165, 1.54) is 0 Å². The van der Waals surface area contributed by atoms with Crippen LogP contribution in [0.25, 0.3) is 0 Å². The molecule has 0 amide bonds. The zero-order chi connectivity index (χ0) is 19.7. The van der Waals surface area contributed by atoms with Gasteiger partial charge in [-0.25, -0.2) is 4.18 Å². The van der Waals surface area contributed by atoms with Crippen LogP contribution in [0.2, 0.25) is 0 Å². The summed E-state index contributed by atoms with van der Waals surface area (Å²) in [5, 5.41) is 0. The Morgan fingerprint density at radius 1 is 0.852 bits per heavy atom. The number of carbonyl (C=O) groups is 1. The van der Waals surface area contributed by atoms with Gasteiger partial charge in [-0.05, 0) is 56.8 Å². The third-order valence-corrected chi connectivity index (χ3v) is 7.93. The summed E-state index contributed by atoms with van der Waals surface area (Å²) in [6.45, 7) is 0. The first-order valence-corrected chi connectivity index (χ1v) is 11.6. The SMILES string of the molecule is O=C1C(C2CCCCC2)CCCC1(OS(=O)(=O)C(F)(F)F)C1CCCCC1. The van der Waals surface area contributed by atoms with Crippen LogP contribution >= 0.6 is 0 Å². The number of carbonyl (C=O) groups excluding carboxylic acids is 1. The van der Waals surface area contributed by atoms with E-state index in [0.717, 1.165) is 51.4 Å². The van der Waals surface area contributed by atoms with Crippen molar-refractivity contribution in [3.8, 4) is 0 Å². The molecular formula is C19H29F3O4S. The topological polar surface area (TPSA) is 60.4 Å². The normalized spacial score (nSPS) is 32.6. The highest BCUT2D eigenvalue weighted by atomic mass is 32.2. The molecule has 8 heteroatoms.